The maximum absolute atomic E-state index is 13.7. The average molecular weight is 325 g/mol. The van der Waals surface area contributed by atoms with Gasteiger partial charge in [-0.25, -0.2) is 9.37 Å². The maximum atomic E-state index is 13.7. The molecule has 2 heterocycles. The molecule has 0 aliphatic carbocycles. The third kappa shape index (κ3) is 2.31. The van der Waals surface area contributed by atoms with E-state index in [2.05, 4.69) is 4.98 Å². The summed E-state index contributed by atoms with van der Waals surface area (Å²) in [7, 11) is 0. The Morgan fingerprint density at radius 3 is 2.75 bits per heavy atom. The van der Waals surface area contributed by atoms with Gasteiger partial charge in [0.05, 0.1) is 11.0 Å². The lowest BCUT2D eigenvalue weighted by Gasteiger charge is -2.20. The number of fused-ring (bicyclic) bond motifs is 3. The minimum Gasteiger partial charge on any atom is -0.478 e. The fourth-order valence-electron chi connectivity index (χ4n) is 3.00. The lowest BCUT2D eigenvalue weighted by Crippen LogP contribution is -2.40. The summed E-state index contributed by atoms with van der Waals surface area (Å²) in [6.07, 6.45) is -0.798. The molecule has 0 N–H and O–H groups in total. The number of para-hydroxylation sites is 3. The lowest BCUT2D eigenvalue weighted by atomic mass is 10.3. The highest BCUT2D eigenvalue weighted by atomic mass is 19.1. The van der Waals surface area contributed by atoms with Gasteiger partial charge in [0, 0.05) is 13.1 Å². The third-order valence-electron chi connectivity index (χ3n) is 4.18. The molecule has 24 heavy (non-hydrogen) atoms. The molecule has 5 nitrogen and oxygen atoms in total. The van der Waals surface area contributed by atoms with E-state index < -0.39 is 11.9 Å². The molecule has 0 fully saturated rings. The first-order chi connectivity index (χ1) is 11.6. The van der Waals surface area contributed by atoms with Gasteiger partial charge in [0.15, 0.2) is 17.7 Å². The molecule has 0 saturated carbocycles. The van der Waals surface area contributed by atoms with Crippen molar-refractivity contribution in [3.63, 3.8) is 0 Å². The minimum atomic E-state index is -0.798. The van der Waals surface area contributed by atoms with Gasteiger partial charge in [0.25, 0.3) is 5.91 Å². The van der Waals surface area contributed by atoms with Crippen LogP contribution < -0.4 is 9.64 Å². The highest BCUT2D eigenvalue weighted by molar-refractivity contribution is 5.97. The number of hydrogen-bond acceptors (Lipinski definition) is 3. The van der Waals surface area contributed by atoms with Crippen molar-refractivity contribution in [2.24, 2.45) is 0 Å². The van der Waals surface area contributed by atoms with Crippen LogP contribution in [0, 0.1) is 5.82 Å². The van der Waals surface area contributed by atoms with Crippen LogP contribution >= 0.6 is 0 Å². The van der Waals surface area contributed by atoms with Crippen LogP contribution in [0.4, 0.5) is 10.3 Å². The number of anilines is 1. The number of hydrogen-bond donors (Lipinski definition) is 0. The van der Waals surface area contributed by atoms with Gasteiger partial charge in [-0.1, -0.05) is 24.3 Å². The van der Waals surface area contributed by atoms with E-state index in [4.69, 9.17) is 4.74 Å². The molecular weight excluding hydrogens is 309 g/mol. The standard InChI is InChI=1S/C18H16FN3O2/c1-12(24-16-9-5-2-6-13(16)19)17(23)22-11-10-21-15-8-4-3-7-14(15)20-18(21)22/h2-9,12H,10-11H2,1H3. The van der Waals surface area contributed by atoms with Gasteiger partial charge >= 0.3 is 0 Å². The Kier molecular flexibility index (Phi) is 3.45. The Morgan fingerprint density at radius 2 is 1.92 bits per heavy atom. The molecule has 0 bridgehead atoms. The summed E-state index contributed by atoms with van der Waals surface area (Å²) in [5.41, 5.74) is 1.86. The topological polar surface area (TPSA) is 47.4 Å². The molecule has 122 valence electrons. The Hall–Kier alpha value is -2.89. The highest BCUT2D eigenvalue weighted by Crippen LogP contribution is 2.28. The van der Waals surface area contributed by atoms with E-state index in [1.165, 1.54) is 12.1 Å². The molecular formula is C18H16FN3O2. The third-order valence-corrected chi connectivity index (χ3v) is 4.18. The molecule has 1 aromatic heterocycles. The molecule has 1 amide bonds. The van der Waals surface area contributed by atoms with Crippen molar-refractivity contribution in [3.05, 3.63) is 54.3 Å². The highest BCUT2D eigenvalue weighted by Gasteiger charge is 2.32. The molecule has 3 aromatic rings. The van der Waals surface area contributed by atoms with Crippen molar-refractivity contribution in [1.29, 1.82) is 0 Å². The molecule has 1 atom stereocenters. The van der Waals surface area contributed by atoms with Crippen molar-refractivity contribution in [3.8, 4) is 5.75 Å². The van der Waals surface area contributed by atoms with Crippen LogP contribution in [0.1, 0.15) is 6.92 Å². The molecule has 1 aliphatic rings. The Balaban J connectivity index is 1.59. The van der Waals surface area contributed by atoms with Gasteiger partial charge in [-0.15, -0.1) is 0 Å². The fourth-order valence-corrected chi connectivity index (χ4v) is 3.00. The SMILES string of the molecule is CC(Oc1ccccc1F)C(=O)N1CCn2c1nc1ccccc12. The number of imidazole rings is 1. The summed E-state index contributed by atoms with van der Waals surface area (Å²) in [5, 5.41) is 0. The van der Waals surface area contributed by atoms with E-state index in [1.807, 2.05) is 28.8 Å². The Morgan fingerprint density at radius 1 is 1.17 bits per heavy atom. The first-order valence-corrected chi connectivity index (χ1v) is 7.83. The summed E-state index contributed by atoms with van der Waals surface area (Å²) >= 11 is 0. The molecule has 1 unspecified atom stereocenters. The van der Waals surface area contributed by atoms with E-state index in [0.717, 1.165) is 11.0 Å². The van der Waals surface area contributed by atoms with E-state index in [0.29, 0.717) is 19.0 Å². The van der Waals surface area contributed by atoms with E-state index in [9.17, 15) is 9.18 Å². The van der Waals surface area contributed by atoms with Crippen LogP contribution in [0.25, 0.3) is 11.0 Å². The minimum absolute atomic E-state index is 0.0750. The number of nitrogens with zero attached hydrogens (tertiary/aromatic N) is 3. The number of rotatable bonds is 3. The largest absolute Gasteiger partial charge is 0.478 e. The van der Waals surface area contributed by atoms with Gasteiger partial charge in [-0.05, 0) is 31.2 Å². The van der Waals surface area contributed by atoms with Crippen LogP contribution in [0.5, 0.6) is 5.75 Å². The van der Waals surface area contributed by atoms with Crippen LogP contribution in [-0.2, 0) is 11.3 Å². The van der Waals surface area contributed by atoms with E-state index in [-0.39, 0.29) is 11.7 Å². The van der Waals surface area contributed by atoms with Gasteiger partial charge in [0.1, 0.15) is 0 Å². The quantitative estimate of drug-likeness (QED) is 0.744. The molecule has 6 heteroatoms. The van der Waals surface area contributed by atoms with Crippen LogP contribution in [0.15, 0.2) is 48.5 Å². The second-order valence-corrected chi connectivity index (χ2v) is 5.73. The van der Waals surface area contributed by atoms with Gasteiger partial charge in [-0.2, -0.15) is 0 Å². The van der Waals surface area contributed by atoms with Crippen molar-refractivity contribution >= 4 is 22.9 Å². The summed E-state index contributed by atoms with van der Waals surface area (Å²) in [6, 6.07) is 13.8. The van der Waals surface area contributed by atoms with Gasteiger partial charge in [-0.3, -0.25) is 9.69 Å². The summed E-state index contributed by atoms with van der Waals surface area (Å²) in [4.78, 5) is 18.9. The Labute approximate surface area is 138 Å². The smallest absolute Gasteiger partial charge is 0.270 e. The number of carbonyl (C=O) groups is 1. The first kappa shape index (κ1) is 14.7. The van der Waals surface area contributed by atoms with Crippen LogP contribution in [0.2, 0.25) is 0 Å². The number of ether oxygens (including phenoxy) is 1. The first-order valence-electron chi connectivity index (χ1n) is 7.83. The predicted octanol–water partition coefficient (Wildman–Crippen LogP) is 2.99. The number of aromatic nitrogens is 2. The van der Waals surface area contributed by atoms with Crippen molar-refractivity contribution in [1.82, 2.24) is 9.55 Å². The predicted molar refractivity (Wildman–Crippen MR) is 88.6 cm³/mol. The second kappa shape index (κ2) is 5.63. The maximum Gasteiger partial charge on any atom is 0.270 e. The van der Waals surface area contributed by atoms with E-state index in [1.54, 1.807) is 24.0 Å². The zero-order valence-electron chi connectivity index (χ0n) is 13.1. The molecule has 0 saturated heterocycles. The fraction of sp³-hybridized carbons (Fsp3) is 0.222. The number of halogens is 1. The van der Waals surface area contributed by atoms with Crippen molar-refractivity contribution < 1.29 is 13.9 Å². The van der Waals surface area contributed by atoms with Crippen LogP contribution in [-0.4, -0.2) is 28.1 Å². The number of benzene rings is 2. The molecule has 0 spiro atoms. The van der Waals surface area contributed by atoms with Gasteiger partial charge in [0.2, 0.25) is 5.95 Å². The normalized spacial score (nSPS) is 14.7. The van der Waals surface area contributed by atoms with Gasteiger partial charge < -0.3 is 9.30 Å². The number of carbonyl (C=O) groups excluding carboxylic acids is 1. The number of amides is 1. The average Bonchev–Trinajstić information content (AvgIpc) is 3.15. The summed E-state index contributed by atoms with van der Waals surface area (Å²) in [6.45, 7) is 2.85. The van der Waals surface area contributed by atoms with E-state index >= 15 is 0 Å². The zero-order valence-corrected chi connectivity index (χ0v) is 13.1. The molecule has 4 rings (SSSR count). The van der Waals surface area contributed by atoms with Crippen molar-refractivity contribution in [2.75, 3.05) is 11.4 Å². The zero-order chi connectivity index (χ0) is 16.7. The second-order valence-electron chi connectivity index (χ2n) is 5.73. The molecule has 1 aliphatic heterocycles. The monoisotopic (exact) mass is 325 g/mol. The van der Waals surface area contributed by atoms with Crippen molar-refractivity contribution in [2.45, 2.75) is 19.6 Å². The summed E-state index contributed by atoms with van der Waals surface area (Å²) in [5.74, 6) is -0.0191. The lowest BCUT2D eigenvalue weighted by molar-refractivity contribution is -0.124. The Bertz CT molecular complexity index is 922. The molecule has 2 aromatic carbocycles. The van der Waals surface area contributed by atoms with Crippen LogP contribution in [0.3, 0.4) is 0 Å². The molecule has 0 radical (unpaired) electrons. The summed E-state index contributed by atoms with van der Waals surface area (Å²) < 4.78 is 21.2.